The molecule has 1 aliphatic rings. The number of rotatable bonds is 7. The molecule has 1 aliphatic carbocycles. The van der Waals surface area contributed by atoms with Gasteiger partial charge in [-0.1, -0.05) is 75.1 Å². The highest BCUT2D eigenvalue weighted by Gasteiger charge is 2.19. The average molecular weight is 348 g/mol. The molecule has 2 heteroatoms. The van der Waals surface area contributed by atoms with E-state index in [1.54, 1.807) is 0 Å². The quantitative estimate of drug-likeness (QED) is 0.570. The van der Waals surface area contributed by atoms with Crippen LogP contribution in [0.25, 0.3) is 11.1 Å². The van der Waals surface area contributed by atoms with Crippen molar-refractivity contribution in [2.75, 3.05) is 6.61 Å². The highest BCUT2D eigenvalue weighted by molar-refractivity contribution is 5.74. The molecule has 0 aromatic heterocycles. The van der Waals surface area contributed by atoms with Gasteiger partial charge in [0.25, 0.3) is 0 Å². The maximum absolute atomic E-state index is 9.92. The minimum atomic E-state index is 0.634. The molecule has 0 atom stereocenters. The van der Waals surface area contributed by atoms with Crippen LogP contribution in [0.2, 0.25) is 0 Å². The van der Waals surface area contributed by atoms with Crippen molar-refractivity contribution in [3.05, 3.63) is 53.6 Å². The molecule has 0 N–H and O–H groups in total. The SMILES string of the molecule is CCCCc1ccc(-c2ccccc2)c(C#N)c1OCC1CCCCC1. The van der Waals surface area contributed by atoms with Gasteiger partial charge in [0.2, 0.25) is 0 Å². The van der Waals surface area contributed by atoms with Gasteiger partial charge < -0.3 is 4.74 Å². The first-order chi connectivity index (χ1) is 12.8. The summed E-state index contributed by atoms with van der Waals surface area (Å²) in [5.74, 6) is 1.46. The Kier molecular flexibility index (Phi) is 6.72. The number of ether oxygens (including phenoxy) is 1. The number of hydrogen-bond acceptors (Lipinski definition) is 2. The molecule has 0 bridgehead atoms. The van der Waals surface area contributed by atoms with Gasteiger partial charge in [0.1, 0.15) is 17.4 Å². The Morgan fingerprint density at radius 2 is 1.81 bits per heavy atom. The van der Waals surface area contributed by atoms with Gasteiger partial charge in [0, 0.05) is 5.56 Å². The Hall–Kier alpha value is -2.27. The Morgan fingerprint density at radius 3 is 2.50 bits per heavy atom. The van der Waals surface area contributed by atoms with Crippen molar-refractivity contribution < 1.29 is 4.74 Å². The molecule has 0 aliphatic heterocycles. The normalized spacial score (nSPS) is 14.8. The smallest absolute Gasteiger partial charge is 0.140 e. The molecule has 136 valence electrons. The van der Waals surface area contributed by atoms with E-state index in [1.165, 1.54) is 37.7 Å². The summed E-state index contributed by atoms with van der Waals surface area (Å²) in [6, 6.07) is 16.9. The second kappa shape index (κ2) is 9.43. The van der Waals surface area contributed by atoms with E-state index < -0.39 is 0 Å². The van der Waals surface area contributed by atoms with Crippen molar-refractivity contribution in [1.29, 1.82) is 5.26 Å². The summed E-state index contributed by atoms with van der Waals surface area (Å²) in [4.78, 5) is 0. The summed E-state index contributed by atoms with van der Waals surface area (Å²) in [7, 11) is 0. The molecule has 2 nitrogen and oxygen atoms in total. The fourth-order valence-electron chi connectivity index (χ4n) is 3.88. The molecule has 2 aromatic carbocycles. The maximum Gasteiger partial charge on any atom is 0.140 e. The highest BCUT2D eigenvalue weighted by Crippen LogP contribution is 2.35. The van der Waals surface area contributed by atoms with Crippen LogP contribution in [0.1, 0.15) is 63.0 Å². The van der Waals surface area contributed by atoms with Crippen LogP contribution < -0.4 is 4.74 Å². The molecule has 3 rings (SSSR count). The first-order valence-corrected chi connectivity index (χ1v) is 10.1. The standard InChI is InChI=1S/C24H29NO/c1-2-3-12-21-15-16-22(20-13-8-5-9-14-20)23(17-25)24(21)26-18-19-10-6-4-7-11-19/h5,8-9,13-16,19H,2-4,6-7,10-12,18H2,1H3. The zero-order valence-electron chi connectivity index (χ0n) is 15.8. The van der Waals surface area contributed by atoms with E-state index >= 15 is 0 Å². The van der Waals surface area contributed by atoms with E-state index in [1.807, 2.05) is 18.2 Å². The van der Waals surface area contributed by atoms with Gasteiger partial charge in [-0.3, -0.25) is 0 Å². The third-order valence-electron chi connectivity index (χ3n) is 5.42. The predicted octanol–water partition coefficient (Wildman–Crippen LogP) is 6.53. The van der Waals surface area contributed by atoms with Gasteiger partial charge in [0.05, 0.1) is 6.61 Å². The lowest BCUT2D eigenvalue weighted by Crippen LogP contribution is -2.16. The summed E-state index contributed by atoms with van der Waals surface area (Å²) in [5, 5.41) is 9.92. The van der Waals surface area contributed by atoms with Gasteiger partial charge >= 0.3 is 0 Å². The van der Waals surface area contributed by atoms with Crippen LogP contribution in [0, 0.1) is 17.2 Å². The first-order valence-electron chi connectivity index (χ1n) is 10.1. The molecule has 1 fully saturated rings. The third kappa shape index (κ3) is 4.47. The van der Waals surface area contributed by atoms with Gasteiger partial charge in [-0.2, -0.15) is 5.26 Å². The monoisotopic (exact) mass is 347 g/mol. The van der Waals surface area contributed by atoms with Crippen LogP contribution in [0.15, 0.2) is 42.5 Å². The van der Waals surface area contributed by atoms with Gasteiger partial charge in [0.15, 0.2) is 0 Å². The van der Waals surface area contributed by atoms with Crippen molar-refractivity contribution >= 4 is 0 Å². The van der Waals surface area contributed by atoms with Crippen LogP contribution in [-0.2, 0) is 6.42 Å². The van der Waals surface area contributed by atoms with E-state index in [9.17, 15) is 5.26 Å². The van der Waals surface area contributed by atoms with Crippen LogP contribution in [0.5, 0.6) is 5.75 Å². The number of nitriles is 1. The summed E-state index contributed by atoms with van der Waals surface area (Å²) < 4.78 is 6.34. The minimum absolute atomic E-state index is 0.634. The van der Waals surface area contributed by atoms with E-state index in [2.05, 4.69) is 37.3 Å². The second-order valence-corrected chi connectivity index (χ2v) is 7.37. The van der Waals surface area contributed by atoms with Crippen molar-refractivity contribution in [1.82, 2.24) is 0 Å². The second-order valence-electron chi connectivity index (χ2n) is 7.37. The van der Waals surface area contributed by atoms with Crippen LogP contribution in [0.4, 0.5) is 0 Å². The van der Waals surface area contributed by atoms with Crippen LogP contribution in [-0.4, -0.2) is 6.61 Å². The minimum Gasteiger partial charge on any atom is -0.492 e. The lowest BCUT2D eigenvalue weighted by Gasteiger charge is -2.23. The third-order valence-corrected chi connectivity index (χ3v) is 5.42. The van der Waals surface area contributed by atoms with E-state index in [-0.39, 0.29) is 0 Å². The Balaban J connectivity index is 1.92. The first kappa shape index (κ1) is 18.5. The molecular formula is C24H29NO. The zero-order chi connectivity index (χ0) is 18.2. The average Bonchev–Trinajstić information content (AvgIpc) is 2.71. The van der Waals surface area contributed by atoms with Gasteiger partial charge in [-0.05, 0) is 42.7 Å². The zero-order valence-corrected chi connectivity index (χ0v) is 15.8. The Labute approximate surface area is 157 Å². The fraction of sp³-hybridized carbons (Fsp3) is 0.458. The number of nitrogens with zero attached hydrogens (tertiary/aromatic N) is 1. The van der Waals surface area contributed by atoms with E-state index in [0.29, 0.717) is 11.5 Å². The summed E-state index contributed by atoms with van der Waals surface area (Å²) in [6.45, 7) is 2.94. The molecule has 0 spiro atoms. The number of unbranched alkanes of at least 4 members (excludes halogenated alkanes) is 1. The lowest BCUT2D eigenvalue weighted by atomic mass is 9.90. The Morgan fingerprint density at radius 1 is 1.04 bits per heavy atom. The van der Waals surface area contributed by atoms with Crippen LogP contribution in [0.3, 0.4) is 0 Å². The predicted molar refractivity (Wildman–Crippen MR) is 107 cm³/mol. The van der Waals surface area contributed by atoms with E-state index in [4.69, 9.17) is 4.74 Å². The van der Waals surface area contributed by atoms with Crippen molar-refractivity contribution in [2.45, 2.75) is 58.3 Å². The highest BCUT2D eigenvalue weighted by atomic mass is 16.5. The molecule has 2 aromatic rings. The van der Waals surface area contributed by atoms with Gasteiger partial charge in [-0.15, -0.1) is 0 Å². The molecule has 0 unspecified atom stereocenters. The largest absolute Gasteiger partial charge is 0.492 e. The van der Waals surface area contributed by atoms with Crippen LogP contribution >= 0.6 is 0 Å². The van der Waals surface area contributed by atoms with Gasteiger partial charge in [-0.25, -0.2) is 0 Å². The van der Waals surface area contributed by atoms with Crippen molar-refractivity contribution in [3.63, 3.8) is 0 Å². The number of aryl methyl sites for hydroxylation is 1. The molecule has 0 amide bonds. The summed E-state index contributed by atoms with van der Waals surface area (Å²) in [5.41, 5.74) is 3.93. The lowest BCUT2D eigenvalue weighted by molar-refractivity contribution is 0.207. The number of benzene rings is 2. The topological polar surface area (TPSA) is 33.0 Å². The molecule has 0 heterocycles. The molecule has 0 radical (unpaired) electrons. The molecular weight excluding hydrogens is 318 g/mol. The summed E-state index contributed by atoms with van der Waals surface area (Å²) >= 11 is 0. The Bertz CT molecular complexity index is 739. The van der Waals surface area contributed by atoms with Crippen molar-refractivity contribution in [2.24, 2.45) is 5.92 Å². The maximum atomic E-state index is 9.92. The summed E-state index contributed by atoms with van der Waals surface area (Å²) in [6.07, 6.45) is 9.72. The molecule has 26 heavy (non-hydrogen) atoms. The van der Waals surface area contributed by atoms with E-state index in [0.717, 1.165) is 42.7 Å². The van der Waals surface area contributed by atoms with Crippen molar-refractivity contribution in [3.8, 4) is 22.9 Å². The fourth-order valence-corrected chi connectivity index (χ4v) is 3.88. The molecule has 1 saturated carbocycles. The molecule has 0 saturated heterocycles. The number of hydrogen-bond donors (Lipinski definition) is 0.